The SMILES string of the molecule is CCOc1cc(/C=N/NC(=O)C(=O)Nc2ccc(C)c(C)c2)cc(Br)c1OCc1c(Cl)cccc1Cl. The standard InChI is InChI=1S/C26H24BrCl2N3O4/c1-4-35-23-12-17(11-20(27)24(23)36-14-19-21(28)6-5-7-22(19)29)13-30-32-26(34)25(33)31-18-9-8-15(2)16(3)10-18/h5-13H,4,14H2,1-3H3,(H,31,33)(H,32,34)/b30-13+. The fourth-order valence-electron chi connectivity index (χ4n) is 3.10. The Hall–Kier alpha value is -3.07. The van der Waals surface area contributed by atoms with Gasteiger partial charge in [0.25, 0.3) is 0 Å². The maximum Gasteiger partial charge on any atom is 0.329 e. The van der Waals surface area contributed by atoms with Gasteiger partial charge in [-0.15, -0.1) is 0 Å². The van der Waals surface area contributed by atoms with Crippen LogP contribution in [-0.4, -0.2) is 24.6 Å². The van der Waals surface area contributed by atoms with Crippen LogP contribution < -0.4 is 20.2 Å². The van der Waals surface area contributed by atoms with Gasteiger partial charge in [0.15, 0.2) is 11.5 Å². The van der Waals surface area contributed by atoms with E-state index in [1.165, 1.54) is 6.21 Å². The number of aryl methyl sites for hydroxylation is 2. The second-order valence-electron chi connectivity index (χ2n) is 7.70. The highest BCUT2D eigenvalue weighted by Gasteiger charge is 2.15. The van der Waals surface area contributed by atoms with Gasteiger partial charge in [-0.2, -0.15) is 5.10 Å². The molecule has 0 aliphatic carbocycles. The minimum absolute atomic E-state index is 0.135. The highest BCUT2D eigenvalue weighted by atomic mass is 79.9. The van der Waals surface area contributed by atoms with Crippen molar-refractivity contribution in [2.75, 3.05) is 11.9 Å². The zero-order valence-electron chi connectivity index (χ0n) is 19.8. The quantitative estimate of drug-likeness (QED) is 0.179. The van der Waals surface area contributed by atoms with E-state index in [-0.39, 0.29) is 6.61 Å². The average Bonchev–Trinajstić information content (AvgIpc) is 2.82. The minimum atomic E-state index is -0.898. The van der Waals surface area contributed by atoms with Gasteiger partial charge in [0.2, 0.25) is 0 Å². The highest BCUT2D eigenvalue weighted by molar-refractivity contribution is 9.10. The lowest BCUT2D eigenvalue weighted by Gasteiger charge is -2.15. The van der Waals surface area contributed by atoms with E-state index in [9.17, 15) is 9.59 Å². The summed E-state index contributed by atoms with van der Waals surface area (Å²) in [6, 6.07) is 14.0. The molecule has 188 valence electrons. The van der Waals surface area contributed by atoms with Crippen molar-refractivity contribution in [1.29, 1.82) is 0 Å². The van der Waals surface area contributed by atoms with Crippen LogP contribution in [0, 0.1) is 13.8 Å². The molecule has 0 atom stereocenters. The van der Waals surface area contributed by atoms with Crippen LogP contribution in [0.25, 0.3) is 0 Å². The van der Waals surface area contributed by atoms with Crippen LogP contribution in [0.1, 0.15) is 29.2 Å². The summed E-state index contributed by atoms with van der Waals surface area (Å²) in [6.07, 6.45) is 1.39. The lowest BCUT2D eigenvalue weighted by Crippen LogP contribution is -2.32. The summed E-state index contributed by atoms with van der Waals surface area (Å²) < 4.78 is 12.3. The molecule has 0 saturated heterocycles. The van der Waals surface area contributed by atoms with Crippen LogP contribution in [-0.2, 0) is 16.2 Å². The van der Waals surface area contributed by atoms with Crippen molar-refractivity contribution in [3.05, 3.63) is 85.3 Å². The van der Waals surface area contributed by atoms with Crippen molar-refractivity contribution in [2.45, 2.75) is 27.4 Å². The van der Waals surface area contributed by atoms with Gasteiger partial charge >= 0.3 is 11.8 Å². The molecule has 36 heavy (non-hydrogen) atoms. The molecule has 0 heterocycles. The van der Waals surface area contributed by atoms with Crippen LogP contribution in [0.3, 0.4) is 0 Å². The number of hydrogen-bond donors (Lipinski definition) is 2. The number of hydrogen-bond acceptors (Lipinski definition) is 5. The third-order valence-corrected chi connectivity index (χ3v) is 6.40. The predicted octanol–water partition coefficient (Wildman–Crippen LogP) is 6.44. The number of hydrazone groups is 1. The molecular formula is C26H24BrCl2N3O4. The molecule has 3 aromatic carbocycles. The Kier molecular flexibility index (Phi) is 9.75. The average molecular weight is 593 g/mol. The topological polar surface area (TPSA) is 89.0 Å². The Morgan fingerprint density at radius 1 is 1.00 bits per heavy atom. The summed E-state index contributed by atoms with van der Waals surface area (Å²) in [6.45, 7) is 6.26. The number of nitrogens with zero attached hydrogens (tertiary/aromatic N) is 1. The van der Waals surface area contributed by atoms with E-state index < -0.39 is 11.8 Å². The second-order valence-corrected chi connectivity index (χ2v) is 9.37. The lowest BCUT2D eigenvalue weighted by molar-refractivity contribution is -0.136. The third kappa shape index (κ3) is 7.22. The zero-order valence-corrected chi connectivity index (χ0v) is 22.9. The molecule has 0 unspecified atom stereocenters. The first kappa shape index (κ1) is 27.5. The van der Waals surface area contributed by atoms with Crippen molar-refractivity contribution in [3.63, 3.8) is 0 Å². The van der Waals surface area contributed by atoms with E-state index in [4.69, 9.17) is 32.7 Å². The fourth-order valence-corrected chi connectivity index (χ4v) is 4.18. The fraction of sp³-hybridized carbons (Fsp3) is 0.192. The maximum atomic E-state index is 12.2. The number of rotatable bonds is 8. The number of carbonyl (C=O) groups excluding carboxylic acids is 2. The molecule has 0 aromatic heterocycles. The van der Waals surface area contributed by atoms with E-state index in [2.05, 4.69) is 31.8 Å². The van der Waals surface area contributed by atoms with Crippen LogP contribution in [0.2, 0.25) is 10.0 Å². The van der Waals surface area contributed by atoms with Crippen LogP contribution in [0.5, 0.6) is 11.5 Å². The summed E-state index contributed by atoms with van der Waals surface area (Å²) in [5, 5.41) is 7.43. The van der Waals surface area contributed by atoms with Gasteiger partial charge < -0.3 is 14.8 Å². The van der Waals surface area contributed by atoms with Gasteiger partial charge in [0.1, 0.15) is 6.61 Å². The Labute approximate surface area is 227 Å². The Bertz CT molecular complexity index is 1290. The van der Waals surface area contributed by atoms with Crippen LogP contribution in [0.15, 0.2) is 58.1 Å². The smallest absolute Gasteiger partial charge is 0.329 e. The molecule has 0 aliphatic rings. The predicted molar refractivity (Wildman–Crippen MR) is 146 cm³/mol. The summed E-state index contributed by atoms with van der Waals surface area (Å²) in [5.41, 5.74) is 6.10. The number of amides is 2. The molecule has 2 amide bonds. The number of benzene rings is 3. The van der Waals surface area contributed by atoms with Crippen LogP contribution in [0.4, 0.5) is 5.69 Å². The molecule has 0 saturated carbocycles. The molecule has 0 radical (unpaired) electrons. The number of anilines is 1. The van der Waals surface area contributed by atoms with Gasteiger partial charge in [-0.1, -0.05) is 35.3 Å². The number of ether oxygens (including phenoxy) is 2. The Morgan fingerprint density at radius 3 is 2.39 bits per heavy atom. The Balaban J connectivity index is 1.68. The van der Waals surface area contributed by atoms with Crippen molar-refractivity contribution in [3.8, 4) is 11.5 Å². The van der Waals surface area contributed by atoms with Gasteiger partial charge in [0, 0.05) is 21.3 Å². The summed E-state index contributed by atoms with van der Waals surface area (Å²) >= 11 is 16.0. The first-order chi connectivity index (χ1) is 17.2. The molecule has 3 rings (SSSR count). The van der Waals surface area contributed by atoms with Gasteiger partial charge in [-0.3, -0.25) is 9.59 Å². The zero-order chi connectivity index (χ0) is 26.2. The summed E-state index contributed by atoms with van der Waals surface area (Å²) in [7, 11) is 0. The van der Waals surface area contributed by atoms with Crippen molar-refractivity contribution in [2.24, 2.45) is 5.10 Å². The Morgan fingerprint density at radius 2 is 1.72 bits per heavy atom. The summed E-state index contributed by atoms with van der Waals surface area (Å²) in [5.74, 6) is -0.809. The molecule has 10 heteroatoms. The first-order valence-corrected chi connectivity index (χ1v) is 12.5. The molecule has 7 nitrogen and oxygen atoms in total. The van der Waals surface area contributed by atoms with E-state index in [0.717, 1.165) is 11.1 Å². The van der Waals surface area contributed by atoms with Crippen molar-refractivity contribution in [1.82, 2.24) is 5.43 Å². The van der Waals surface area contributed by atoms with E-state index in [0.29, 0.717) is 49.4 Å². The molecule has 0 bridgehead atoms. The first-order valence-electron chi connectivity index (χ1n) is 10.9. The summed E-state index contributed by atoms with van der Waals surface area (Å²) in [4.78, 5) is 24.3. The molecule has 0 aliphatic heterocycles. The monoisotopic (exact) mass is 591 g/mol. The van der Waals surface area contributed by atoms with Gasteiger partial charge in [-0.25, -0.2) is 5.43 Å². The largest absolute Gasteiger partial charge is 0.490 e. The molecule has 2 N–H and O–H groups in total. The van der Waals surface area contributed by atoms with Gasteiger partial charge in [-0.05, 0) is 89.8 Å². The van der Waals surface area contributed by atoms with E-state index in [1.807, 2.05) is 26.8 Å². The maximum absolute atomic E-state index is 12.2. The molecular weight excluding hydrogens is 569 g/mol. The number of nitrogens with one attached hydrogen (secondary N) is 2. The molecule has 0 fully saturated rings. The second kappa shape index (κ2) is 12.8. The van der Waals surface area contributed by atoms with E-state index >= 15 is 0 Å². The number of halogens is 3. The normalized spacial score (nSPS) is 10.8. The van der Waals surface area contributed by atoms with Crippen molar-refractivity contribution < 1.29 is 19.1 Å². The number of carbonyl (C=O) groups is 2. The molecule has 0 spiro atoms. The third-order valence-electron chi connectivity index (χ3n) is 5.10. The minimum Gasteiger partial charge on any atom is -0.490 e. The van der Waals surface area contributed by atoms with Gasteiger partial charge in [0.05, 0.1) is 17.3 Å². The lowest BCUT2D eigenvalue weighted by atomic mass is 10.1. The molecule has 3 aromatic rings. The highest BCUT2D eigenvalue weighted by Crippen LogP contribution is 2.38. The van der Waals surface area contributed by atoms with Crippen molar-refractivity contribution >= 4 is 62.8 Å². The van der Waals surface area contributed by atoms with Crippen LogP contribution >= 0.6 is 39.1 Å². The van der Waals surface area contributed by atoms with E-state index in [1.54, 1.807) is 42.5 Å².